The van der Waals surface area contributed by atoms with Crippen molar-refractivity contribution in [1.29, 1.82) is 0 Å². The molecule has 0 aliphatic rings. The van der Waals surface area contributed by atoms with Crippen LogP contribution in [-0.4, -0.2) is 3.25 Å². The van der Waals surface area contributed by atoms with E-state index in [0.717, 1.165) is 0 Å². The Bertz CT molecular complexity index is 23.0. The Hall–Kier alpha value is 2.42. The van der Waals surface area contributed by atoms with Crippen LogP contribution in [0.1, 0.15) is 0 Å². The molecule has 0 unspecified atom stereocenters. The molecule has 0 heterocycles. The summed E-state index contributed by atoms with van der Waals surface area (Å²) in [5.41, 5.74) is 0. The van der Waals surface area contributed by atoms with Gasteiger partial charge in [-0.25, -0.2) is 0 Å². The largest absolute Gasteiger partial charge is 0.266 e. The summed E-state index contributed by atoms with van der Waals surface area (Å²) < 4.78 is -1.61. The Balaban J connectivity index is 0. The summed E-state index contributed by atoms with van der Waals surface area (Å²) >= 11 is 19.3. The molecule has 0 radical (unpaired) electrons. The second kappa shape index (κ2) is 4.31. The third kappa shape index (κ3) is 32.2. The number of alkyl halides is 4. The van der Waals surface area contributed by atoms with E-state index in [-0.39, 0.29) is 37.7 Å². The summed E-state index contributed by atoms with van der Waals surface area (Å²) in [6.07, 6.45) is 0. The van der Waals surface area contributed by atoms with E-state index in [0.29, 0.717) is 0 Å². The molecule has 6 heavy (non-hydrogen) atoms. The van der Waals surface area contributed by atoms with Gasteiger partial charge >= 0.3 is 0 Å². The average molecular weight is 194 g/mol. The molecule has 0 spiro atoms. The fourth-order valence-electron chi connectivity index (χ4n) is 0. The minimum absolute atomic E-state index is 0. The van der Waals surface area contributed by atoms with Crippen LogP contribution < -0.4 is 0 Å². The van der Waals surface area contributed by atoms with Crippen LogP contribution in [0, 0.1) is 37.7 Å². The molecule has 0 aliphatic heterocycles. The first-order valence-corrected chi connectivity index (χ1v) is 2.27. The molecule has 0 nitrogen and oxygen atoms in total. The molecule has 0 aromatic rings. The minimum atomic E-state index is -1.61. The van der Waals surface area contributed by atoms with Crippen LogP contribution in [0.5, 0.6) is 0 Å². The molecule has 0 bridgehead atoms. The van der Waals surface area contributed by atoms with Gasteiger partial charge in [-0.1, -0.05) is 46.4 Å². The van der Waals surface area contributed by atoms with Crippen molar-refractivity contribution in [2.45, 2.75) is 3.25 Å². The Morgan fingerprint density at radius 2 is 0.833 bits per heavy atom. The zero-order valence-corrected chi connectivity index (χ0v) is 6.10. The molecule has 0 aliphatic carbocycles. The monoisotopic (exact) mass is 192 g/mol. The Kier molecular flexibility index (Phi) is 8.09. The number of hydrogen-bond acceptors (Lipinski definition) is 0. The van der Waals surface area contributed by atoms with Gasteiger partial charge in [0.2, 0.25) is 0 Å². The molecule has 0 fully saturated rings. The molecule has 5 heteroatoms. The third-order valence-corrected chi connectivity index (χ3v) is 0. The molecule has 0 amide bonds. The Morgan fingerprint density at radius 1 is 0.833 bits per heavy atom. The van der Waals surface area contributed by atoms with Gasteiger partial charge in [-0.2, -0.15) is 0 Å². The molecule has 40 valence electrons. The first-order chi connectivity index (χ1) is 2.00. The molecule has 0 rings (SSSR count). The van der Waals surface area contributed by atoms with Crippen LogP contribution >= 0.6 is 46.4 Å². The van der Waals surface area contributed by atoms with Gasteiger partial charge in [0.1, 0.15) is 0 Å². The summed E-state index contributed by atoms with van der Waals surface area (Å²) in [7, 11) is 0. The number of hydrogen-bond donors (Lipinski definition) is 0. The van der Waals surface area contributed by atoms with Crippen molar-refractivity contribution in [2.24, 2.45) is 0 Å². The summed E-state index contributed by atoms with van der Waals surface area (Å²) in [6.45, 7) is 0. The summed E-state index contributed by atoms with van der Waals surface area (Å²) in [5, 5.41) is 0. The van der Waals surface area contributed by atoms with E-state index in [9.17, 15) is 0 Å². The zero-order chi connectivity index (χ0) is 4.50. The molecule has 0 aromatic carbocycles. The molecule has 0 saturated heterocycles. The third-order valence-electron chi connectivity index (χ3n) is 0. The molecular formula is CArCl4. The van der Waals surface area contributed by atoms with E-state index in [4.69, 9.17) is 46.4 Å². The van der Waals surface area contributed by atoms with Crippen molar-refractivity contribution in [1.82, 2.24) is 0 Å². The predicted octanol–water partition coefficient (Wildman–Crippen LogP) is 2.55. The van der Waals surface area contributed by atoms with Gasteiger partial charge in [0.15, 0.2) is 0 Å². The van der Waals surface area contributed by atoms with Crippen LogP contribution in [-0.2, 0) is 0 Å². The Morgan fingerprint density at radius 3 is 0.833 bits per heavy atom. The first-order valence-electron chi connectivity index (χ1n) is 0.756. The van der Waals surface area contributed by atoms with E-state index in [2.05, 4.69) is 0 Å². The van der Waals surface area contributed by atoms with E-state index in [1.807, 2.05) is 0 Å². The molecule has 0 aromatic heterocycles. The number of rotatable bonds is 0. The second-order valence-corrected chi connectivity index (χ2v) is 3.86. The molecule has 0 atom stereocenters. The van der Waals surface area contributed by atoms with Crippen molar-refractivity contribution in [2.75, 3.05) is 0 Å². The van der Waals surface area contributed by atoms with E-state index in [1.165, 1.54) is 0 Å². The maximum Gasteiger partial charge on any atom is 0.266 e. The average Bonchev–Trinajstić information content (AvgIpc) is 0.722. The molecule has 0 N–H and O–H groups in total. The quantitative estimate of drug-likeness (QED) is 0.519. The second-order valence-electron chi connectivity index (χ2n) is 0.429. The normalized spacial score (nSPS) is 10.0. The fourth-order valence-corrected chi connectivity index (χ4v) is 0. The van der Waals surface area contributed by atoms with Crippen LogP contribution in [0.4, 0.5) is 0 Å². The molecule has 0 saturated carbocycles. The smallest absolute Gasteiger partial charge is 0.0664 e. The maximum atomic E-state index is 4.83. The van der Waals surface area contributed by atoms with E-state index >= 15 is 0 Å². The van der Waals surface area contributed by atoms with Gasteiger partial charge in [0.25, 0.3) is 3.25 Å². The van der Waals surface area contributed by atoms with Gasteiger partial charge in [0, 0.05) is 37.7 Å². The number of halogens is 4. The van der Waals surface area contributed by atoms with Crippen molar-refractivity contribution < 1.29 is 37.7 Å². The summed E-state index contributed by atoms with van der Waals surface area (Å²) in [5.74, 6) is 0. The fraction of sp³-hybridized carbons (Fsp3) is 1.00. The van der Waals surface area contributed by atoms with Gasteiger partial charge < -0.3 is 0 Å². The first kappa shape index (κ1) is 11.2. The van der Waals surface area contributed by atoms with Crippen LogP contribution in [0.3, 0.4) is 0 Å². The van der Waals surface area contributed by atoms with Gasteiger partial charge in [-0.15, -0.1) is 0 Å². The van der Waals surface area contributed by atoms with Gasteiger partial charge in [-0.3, -0.25) is 0 Å². The topological polar surface area (TPSA) is 0 Å². The SMILES string of the molecule is ClC(Cl)(Cl)Cl.[Ar]. The van der Waals surface area contributed by atoms with Crippen molar-refractivity contribution in [3.8, 4) is 0 Å². The van der Waals surface area contributed by atoms with E-state index < -0.39 is 3.25 Å². The van der Waals surface area contributed by atoms with Crippen LogP contribution in [0.2, 0.25) is 0 Å². The summed E-state index contributed by atoms with van der Waals surface area (Å²) in [6, 6.07) is 0. The summed E-state index contributed by atoms with van der Waals surface area (Å²) in [4.78, 5) is 0. The van der Waals surface area contributed by atoms with Crippen LogP contribution in [0.15, 0.2) is 0 Å². The van der Waals surface area contributed by atoms with Crippen molar-refractivity contribution in [3.05, 3.63) is 0 Å². The van der Waals surface area contributed by atoms with Crippen LogP contribution in [0.25, 0.3) is 0 Å². The van der Waals surface area contributed by atoms with E-state index in [1.54, 1.807) is 0 Å². The molecular weight excluding hydrogens is 194 g/mol. The maximum absolute atomic E-state index is 4.83. The van der Waals surface area contributed by atoms with Gasteiger partial charge in [0.05, 0.1) is 0 Å². The standard InChI is InChI=1S/CCl4.Ar/c2-1(3,4)5;. The van der Waals surface area contributed by atoms with Crippen molar-refractivity contribution >= 4 is 46.4 Å². The van der Waals surface area contributed by atoms with Gasteiger partial charge in [-0.05, 0) is 0 Å². The zero-order valence-electron chi connectivity index (χ0n) is 2.37. The minimum Gasteiger partial charge on any atom is -0.0664 e. The Labute approximate surface area is 86.1 Å². The van der Waals surface area contributed by atoms with Crippen molar-refractivity contribution in [3.63, 3.8) is 0 Å². The predicted molar refractivity (Wildman–Crippen MR) is 26.1 cm³/mol.